The van der Waals surface area contributed by atoms with E-state index < -0.39 is 0 Å². The summed E-state index contributed by atoms with van der Waals surface area (Å²) in [4.78, 5) is 37.6. The maximum absolute atomic E-state index is 12.5. The molecular weight excluding hydrogens is 254 g/mol. The van der Waals surface area contributed by atoms with Gasteiger partial charge >= 0.3 is 0 Å². The standard InChI is InChI=1S/C16H17NO3/c1-10(18)11-5-4-6-12(9-11)17-15(19)13-7-2-3-8-14(13)16(17)20/h4-6,9,13-14H,2-3,7-8H2,1H3/t13-,14-/m1/s1. The Morgan fingerprint density at radius 2 is 1.70 bits per heavy atom. The third-order valence-electron chi connectivity index (χ3n) is 4.35. The Balaban J connectivity index is 1.97. The first-order valence-corrected chi connectivity index (χ1v) is 7.08. The molecule has 4 heteroatoms. The smallest absolute Gasteiger partial charge is 0.237 e. The molecule has 0 unspecified atom stereocenters. The molecule has 1 aliphatic carbocycles. The van der Waals surface area contributed by atoms with Crippen molar-refractivity contribution < 1.29 is 14.4 Å². The zero-order chi connectivity index (χ0) is 14.3. The fourth-order valence-electron chi connectivity index (χ4n) is 3.28. The summed E-state index contributed by atoms with van der Waals surface area (Å²) in [5.74, 6) is -0.571. The first-order chi connectivity index (χ1) is 9.59. The minimum atomic E-state index is -0.155. The van der Waals surface area contributed by atoms with Gasteiger partial charge in [0.25, 0.3) is 0 Å². The Morgan fingerprint density at radius 1 is 1.10 bits per heavy atom. The molecule has 20 heavy (non-hydrogen) atoms. The highest BCUT2D eigenvalue weighted by atomic mass is 16.2. The first kappa shape index (κ1) is 13.0. The summed E-state index contributed by atoms with van der Waals surface area (Å²) in [5.41, 5.74) is 1.06. The molecule has 0 aromatic heterocycles. The molecule has 1 aliphatic heterocycles. The van der Waals surface area contributed by atoms with Crippen molar-refractivity contribution in [1.82, 2.24) is 0 Å². The molecule has 2 amide bonds. The van der Waals surface area contributed by atoms with Gasteiger partial charge in [-0.25, -0.2) is 0 Å². The molecule has 2 atom stereocenters. The van der Waals surface area contributed by atoms with Gasteiger partial charge in [-0.1, -0.05) is 25.0 Å². The number of amides is 2. The van der Waals surface area contributed by atoms with Crippen molar-refractivity contribution in [1.29, 1.82) is 0 Å². The maximum atomic E-state index is 12.5. The summed E-state index contributed by atoms with van der Waals surface area (Å²) in [6.45, 7) is 1.48. The van der Waals surface area contributed by atoms with E-state index in [-0.39, 0.29) is 29.4 Å². The molecule has 0 spiro atoms. The Kier molecular flexibility index (Phi) is 3.16. The van der Waals surface area contributed by atoms with E-state index >= 15 is 0 Å². The molecule has 1 aromatic rings. The molecule has 1 saturated heterocycles. The maximum Gasteiger partial charge on any atom is 0.237 e. The van der Waals surface area contributed by atoms with Gasteiger partial charge in [0, 0.05) is 5.56 Å². The first-order valence-electron chi connectivity index (χ1n) is 7.08. The minimum absolute atomic E-state index is 0.0663. The number of ketones is 1. The van der Waals surface area contributed by atoms with Crippen LogP contribution in [0.15, 0.2) is 24.3 Å². The highest BCUT2D eigenvalue weighted by Gasteiger charge is 2.48. The van der Waals surface area contributed by atoms with E-state index in [2.05, 4.69) is 0 Å². The van der Waals surface area contributed by atoms with Gasteiger partial charge in [0.2, 0.25) is 11.8 Å². The number of fused-ring (bicyclic) bond motifs is 1. The van der Waals surface area contributed by atoms with Crippen LogP contribution in [-0.2, 0) is 9.59 Å². The molecule has 2 fully saturated rings. The lowest BCUT2D eigenvalue weighted by atomic mass is 9.81. The molecule has 1 aromatic carbocycles. The van der Waals surface area contributed by atoms with Gasteiger partial charge in [-0.15, -0.1) is 0 Å². The number of rotatable bonds is 2. The van der Waals surface area contributed by atoms with Gasteiger partial charge in [0.1, 0.15) is 0 Å². The highest BCUT2D eigenvalue weighted by Crippen LogP contribution is 2.40. The van der Waals surface area contributed by atoms with Crippen LogP contribution < -0.4 is 4.90 Å². The van der Waals surface area contributed by atoms with Crippen molar-refractivity contribution in [2.24, 2.45) is 11.8 Å². The Morgan fingerprint density at radius 3 is 2.25 bits per heavy atom. The number of benzene rings is 1. The molecule has 1 heterocycles. The number of imide groups is 1. The van der Waals surface area contributed by atoms with Gasteiger partial charge in [-0.2, -0.15) is 0 Å². The van der Waals surface area contributed by atoms with Gasteiger partial charge in [-0.3, -0.25) is 19.3 Å². The van der Waals surface area contributed by atoms with Crippen LogP contribution in [0.4, 0.5) is 5.69 Å². The van der Waals surface area contributed by atoms with Crippen LogP contribution in [0.5, 0.6) is 0 Å². The zero-order valence-corrected chi connectivity index (χ0v) is 11.5. The fourth-order valence-corrected chi connectivity index (χ4v) is 3.28. The fraction of sp³-hybridized carbons (Fsp3) is 0.438. The third-order valence-corrected chi connectivity index (χ3v) is 4.35. The Labute approximate surface area is 117 Å². The number of Topliss-reactive ketones (excluding diaryl/α,β-unsaturated/α-hetero) is 1. The van der Waals surface area contributed by atoms with Crippen LogP contribution in [0, 0.1) is 11.8 Å². The minimum Gasteiger partial charge on any atom is -0.295 e. The number of anilines is 1. The summed E-state index contributed by atoms with van der Waals surface area (Å²) in [6.07, 6.45) is 3.64. The molecule has 0 bridgehead atoms. The Bertz CT molecular complexity index is 569. The van der Waals surface area contributed by atoms with Crippen molar-refractivity contribution in [2.75, 3.05) is 4.90 Å². The summed E-state index contributed by atoms with van der Waals surface area (Å²) in [6, 6.07) is 6.77. The lowest BCUT2D eigenvalue weighted by molar-refractivity contribution is -0.122. The number of nitrogens with zero attached hydrogens (tertiary/aromatic N) is 1. The van der Waals surface area contributed by atoms with Crippen LogP contribution in [0.25, 0.3) is 0 Å². The topological polar surface area (TPSA) is 54.5 Å². The average molecular weight is 271 g/mol. The normalized spacial score (nSPS) is 25.8. The predicted octanol–water partition coefficient (Wildman–Crippen LogP) is 2.57. The van der Waals surface area contributed by atoms with E-state index in [1.165, 1.54) is 11.8 Å². The van der Waals surface area contributed by atoms with Crippen LogP contribution in [0.1, 0.15) is 43.0 Å². The highest BCUT2D eigenvalue weighted by molar-refractivity contribution is 6.22. The molecule has 2 aliphatic rings. The van der Waals surface area contributed by atoms with Gasteiger partial charge in [0.15, 0.2) is 5.78 Å². The third kappa shape index (κ3) is 1.96. The summed E-state index contributed by atoms with van der Waals surface area (Å²) in [5, 5.41) is 0. The van der Waals surface area contributed by atoms with Crippen molar-refractivity contribution in [3.63, 3.8) is 0 Å². The number of hydrogen-bond acceptors (Lipinski definition) is 3. The van der Waals surface area contributed by atoms with Crippen LogP contribution in [-0.4, -0.2) is 17.6 Å². The Hall–Kier alpha value is -1.97. The lowest BCUT2D eigenvalue weighted by Gasteiger charge is -2.19. The van der Waals surface area contributed by atoms with E-state index in [0.717, 1.165) is 25.7 Å². The second kappa shape index (κ2) is 4.85. The number of hydrogen-bond donors (Lipinski definition) is 0. The molecule has 104 valence electrons. The van der Waals surface area contributed by atoms with Crippen molar-refractivity contribution >= 4 is 23.3 Å². The van der Waals surface area contributed by atoms with E-state index in [0.29, 0.717) is 11.3 Å². The SMILES string of the molecule is CC(=O)c1cccc(N2C(=O)[C@@H]3CCCC[C@H]3C2=O)c1. The zero-order valence-electron chi connectivity index (χ0n) is 11.5. The van der Waals surface area contributed by atoms with Crippen molar-refractivity contribution in [3.05, 3.63) is 29.8 Å². The second-order valence-corrected chi connectivity index (χ2v) is 5.62. The quantitative estimate of drug-likeness (QED) is 0.613. The van der Waals surface area contributed by atoms with E-state index in [1.54, 1.807) is 24.3 Å². The molecule has 1 saturated carbocycles. The lowest BCUT2D eigenvalue weighted by Crippen LogP contribution is -2.30. The summed E-state index contributed by atoms with van der Waals surface area (Å²) < 4.78 is 0. The molecule has 4 nitrogen and oxygen atoms in total. The van der Waals surface area contributed by atoms with Crippen molar-refractivity contribution in [3.8, 4) is 0 Å². The number of carbonyl (C=O) groups excluding carboxylic acids is 3. The second-order valence-electron chi connectivity index (χ2n) is 5.62. The predicted molar refractivity (Wildman–Crippen MR) is 74.4 cm³/mol. The number of carbonyl (C=O) groups is 3. The summed E-state index contributed by atoms with van der Waals surface area (Å²) >= 11 is 0. The van der Waals surface area contributed by atoms with E-state index in [9.17, 15) is 14.4 Å². The molecule has 3 rings (SSSR count). The monoisotopic (exact) mass is 271 g/mol. The van der Waals surface area contributed by atoms with Gasteiger partial charge < -0.3 is 0 Å². The van der Waals surface area contributed by atoms with Crippen molar-refractivity contribution in [2.45, 2.75) is 32.6 Å². The van der Waals surface area contributed by atoms with Crippen LogP contribution >= 0.6 is 0 Å². The summed E-state index contributed by atoms with van der Waals surface area (Å²) in [7, 11) is 0. The molecular formula is C16H17NO3. The molecule has 0 N–H and O–H groups in total. The van der Waals surface area contributed by atoms with Gasteiger partial charge in [0.05, 0.1) is 17.5 Å². The largest absolute Gasteiger partial charge is 0.295 e. The van der Waals surface area contributed by atoms with Crippen LogP contribution in [0.3, 0.4) is 0 Å². The average Bonchev–Trinajstić information content (AvgIpc) is 2.72. The molecule has 0 radical (unpaired) electrons. The van der Waals surface area contributed by atoms with Gasteiger partial charge in [-0.05, 0) is 31.9 Å². The van der Waals surface area contributed by atoms with E-state index in [1.807, 2.05) is 0 Å². The van der Waals surface area contributed by atoms with E-state index in [4.69, 9.17) is 0 Å². The van der Waals surface area contributed by atoms with Crippen LogP contribution in [0.2, 0.25) is 0 Å².